The minimum absolute atomic E-state index is 0.0101. The summed E-state index contributed by atoms with van der Waals surface area (Å²) < 4.78 is 18.0. The number of hydrogen-bond acceptors (Lipinski definition) is 6. The predicted octanol–water partition coefficient (Wildman–Crippen LogP) is 5.23. The average Bonchev–Trinajstić information content (AvgIpc) is 2.78. The van der Waals surface area contributed by atoms with Crippen LogP contribution in [0.15, 0.2) is 60.7 Å². The lowest BCUT2D eigenvalue weighted by Crippen LogP contribution is -2.51. The van der Waals surface area contributed by atoms with E-state index < -0.39 is 38.4 Å². The summed E-state index contributed by atoms with van der Waals surface area (Å²) in [5, 5.41) is 11.0. The van der Waals surface area contributed by atoms with Crippen LogP contribution in [0.4, 0.5) is 0 Å². The summed E-state index contributed by atoms with van der Waals surface area (Å²) in [7, 11) is -2.09. The lowest BCUT2D eigenvalue weighted by atomic mass is 9.82. The second-order valence-corrected chi connectivity index (χ2v) is 15.2. The number of aliphatic hydroxyl groups is 1. The molecule has 1 aliphatic rings. The van der Waals surface area contributed by atoms with Crippen molar-refractivity contribution in [3.63, 3.8) is 0 Å². The van der Waals surface area contributed by atoms with E-state index in [1.807, 2.05) is 12.1 Å². The van der Waals surface area contributed by atoms with Gasteiger partial charge in [0.05, 0.1) is 29.3 Å². The topological polar surface area (TPSA) is 82.1 Å². The first-order chi connectivity index (χ1) is 16.0. The Morgan fingerprint density at radius 3 is 1.97 bits per heavy atom. The largest absolute Gasteiger partial charge is 0.462 e. The lowest BCUT2D eigenvalue weighted by Gasteiger charge is -2.44. The molecule has 0 aromatic heterocycles. The van der Waals surface area contributed by atoms with Crippen LogP contribution in [0.5, 0.6) is 0 Å². The molecule has 1 N–H and O–H groups in total. The Morgan fingerprint density at radius 1 is 0.912 bits per heavy atom. The van der Waals surface area contributed by atoms with Crippen molar-refractivity contribution >= 4 is 20.3 Å². The summed E-state index contributed by atoms with van der Waals surface area (Å²) in [6, 6.07) is 17.5. The van der Waals surface area contributed by atoms with E-state index in [0.29, 0.717) is 24.0 Å². The Balaban J connectivity index is 1.75. The molecule has 0 unspecified atom stereocenters. The summed E-state index contributed by atoms with van der Waals surface area (Å²) in [6.07, 6.45) is -0.879. The van der Waals surface area contributed by atoms with Crippen molar-refractivity contribution in [2.75, 3.05) is 6.61 Å². The second kappa shape index (κ2) is 10.8. The maximum atomic E-state index is 12.8. The first kappa shape index (κ1) is 26.1. The smallest absolute Gasteiger partial charge is 0.338 e. The van der Waals surface area contributed by atoms with Gasteiger partial charge in [0.2, 0.25) is 0 Å². The van der Waals surface area contributed by atoms with E-state index in [2.05, 4.69) is 33.9 Å². The molecule has 0 amide bonds. The number of rotatable bonds is 7. The quantitative estimate of drug-likeness (QED) is 0.428. The minimum atomic E-state index is -2.09. The van der Waals surface area contributed by atoms with E-state index in [9.17, 15) is 14.7 Å². The molecule has 0 heterocycles. The van der Waals surface area contributed by atoms with Crippen LogP contribution >= 0.6 is 0 Å². The molecule has 0 aliphatic heterocycles. The molecule has 184 valence electrons. The molecule has 1 fully saturated rings. The zero-order valence-electron chi connectivity index (χ0n) is 20.7. The van der Waals surface area contributed by atoms with Gasteiger partial charge in [-0.05, 0) is 48.8 Å². The molecule has 34 heavy (non-hydrogen) atoms. The summed E-state index contributed by atoms with van der Waals surface area (Å²) in [5.41, 5.74) is 0.870. The van der Waals surface area contributed by atoms with Crippen molar-refractivity contribution in [1.29, 1.82) is 0 Å². The van der Waals surface area contributed by atoms with E-state index in [-0.39, 0.29) is 17.7 Å². The fourth-order valence-corrected chi connectivity index (χ4v) is 5.25. The molecule has 0 bridgehead atoms. The van der Waals surface area contributed by atoms with Crippen LogP contribution in [0, 0.1) is 5.92 Å². The van der Waals surface area contributed by atoms with E-state index >= 15 is 0 Å². The van der Waals surface area contributed by atoms with E-state index in [0.717, 1.165) is 0 Å². The Kier molecular flexibility index (Phi) is 8.33. The SMILES string of the molecule is CC(C)(C)[Si](C)(C)O[C@H]1C[C@H](O)[C@@H](COC(=O)c2ccccc2)[C@H](OC(=O)c2ccccc2)C1. The van der Waals surface area contributed by atoms with Gasteiger partial charge in [-0.1, -0.05) is 57.2 Å². The fourth-order valence-electron chi connectivity index (χ4n) is 3.87. The van der Waals surface area contributed by atoms with Gasteiger partial charge in [0.15, 0.2) is 8.32 Å². The predicted molar refractivity (Wildman–Crippen MR) is 133 cm³/mol. The molecule has 3 rings (SSSR count). The first-order valence-electron chi connectivity index (χ1n) is 11.8. The zero-order valence-corrected chi connectivity index (χ0v) is 21.7. The Bertz CT molecular complexity index is 954. The normalized spacial score (nSPS) is 23.2. The summed E-state index contributed by atoms with van der Waals surface area (Å²) in [4.78, 5) is 25.3. The highest BCUT2D eigenvalue weighted by atomic mass is 28.4. The standard InChI is InChI=1S/C27H36O6Si/c1-27(2,3)34(4,5)33-21-16-23(28)22(18-31-25(29)19-12-8-6-9-13-19)24(17-21)32-26(30)20-14-10-7-11-15-20/h6-15,21-24,28H,16-18H2,1-5H3/t21-,22+,23-,24+/m0/s1. The van der Waals surface area contributed by atoms with Gasteiger partial charge in [0, 0.05) is 6.42 Å². The highest BCUT2D eigenvalue weighted by molar-refractivity contribution is 6.74. The van der Waals surface area contributed by atoms with Gasteiger partial charge in [-0.25, -0.2) is 9.59 Å². The number of benzene rings is 2. The number of carbonyl (C=O) groups is 2. The van der Waals surface area contributed by atoms with Gasteiger partial charge < -0.3 is 19.0 Å². The number of hydrogen-bond donors (Lipinski definition) is 1. The third kappa shape index (κ3) is 6.55. The van der Waals surface area contributed by atoms with Crippen LogP contribution in [-0.2, 0) is 13.9 Å². The van der Waals surface area contributed by atoms with Crippen LogP contribution in [0.2, 0.25) is 18.1 Å². The molecular weight excluding hydrogens is 448 g/mol. The summed E-state index contributed by atoms with van der Waals surface area (Å²) >= 11 is 0. The molecule has 1 saturated carbocycles. The zero-order chi connectivity index (χ0) is 24.9. The van der Waals surface area contributed by atoms with Crippen LogP contribution < -0.4 is 0 Å². The third-order valence-electron chi connectivity index (χ3n) is 6.92. The molecule has 0 spiro atoms. The molecule has 4 atom stereocenters. The van der Waals surface area contributed by atoms with Gasteiger partial charge in [-0.15, -0.1) is 0 Å². The summed E-state index contributed by atoms with van der Waals surface area (Å²) in [5.74, 6) is -1.48. The maximum Gasteiger partial charge on any atom is 0.338 e. The van der Waals surface area contributed by atoms with Crippen molar-refractivity contribution in [2.24, 2.45) is 5.92 Å². The number of ether oxygens (including phenoxy) is 2. The molecule has 0 saturated heterocycles. The van der Waals surface area contributed by atoms with Crippen molar-refractivity contribution in [2.45, 2.75) is 70.1 Å². The van der Waals surface area contributed by atoms with Gasteiger partial charge >= 0.3 is 11.9 Å². The molecule has 7 heteroatoms. The van der Waals surface area contributed by atoms with E-state index in [1.165, 1.54) is 0 Å². The van der Waals surface area contributed by atoms with Gasteiger partial charge in [0.25, 0.3) is 0 Å². The third-order valence-corrected chi connectivity index (χ3v) is 11.5. The molecule has 0 radical (unpaired) electrons. The van der Waals surface area contributed by atoms with Crippen molar-refractivity contribution < 1.29 is 28.6 Å². The van der Waals surface area contributed by atoms with E-state index in [1.54, 1.807) is 48.5 Å². The number of carbonyl (C=O) groups excluding carboxylic acids is 2. The first-order valence-corrected chi connectivity index (χ1v) is 14.7. The highest BCUT2D eigenvalue weighted by Gasteiger charge is 2.45. The van der Waals surface area contributed by atoms with Crippen molar-refractivity contribution in [3.8, 4) is 0 Å². The van der Waals surface area contributed by atoms with Gasteiger partial charge in [0.1, 0.15) is 12.7 Å². The average molecular weight is 485 g/mol. The summed E-state index contributed by atoms with van der Waals surface area (Å²) in [6.45, 7) is 10.8. The van der Waals surface area contributed by atoms with Gasteiger partial charge in [-0.3, -0.25) is 0 Å². The maximum absolute atomic E-state index is 12.8. The Labute approximate surface area is 203 Å². The molecule has 6 nitrogen and oxygen atoms in total. The minimum Gasteiger partial charge on any atom is -0.462 e. The molecule has 1 aliphatic carbocycles. The number of aliphatic hydroxyl groups excluding tert-OH is 1. The fraction of sp³-hybridized carbons (Fsp3) is 0.481. The highest BCUT2D eigenvalue weighted by Crippen LogP contribution is 2.40. The van der Waals surface area contributed by atoms with Crippen LogP contribution in [0.1, 0.15) is 54.3 Å². The van der Waals surface area contributed by atoms with Crippen LogP contribution in [0.3, 0.4) is 0 Å². The Morgan fingerprint density at radius 2 is 1.44 bits per heavy atom. The Hall–Kier alpha value is -2.48. The van der Waals surface area contributed by atoms with Crippen LogP contribution in [0.25, 0.3) is 0 Å². The second-order valence-electron chi connectivity index (χ2n) is 10.5. The van der Waals surface area contributed by atoms with Gasteiger partial charge in [-0.2, -0.15) is 0 Å². The van der Waals surface area contributed by atoms with Crippen molar-refractivity contribution in [1.82, 2.24) is 0 Å². The molecular formula is C27H36O6Si. The molecule has 2 aromatic rings. The van der Waals surface area contributed by atoms with E-state index in [4.69, 9.17) is 13.9 Å². The number of esters is 2. The molecule has 2 aromatic carbocycles. The van der Waals surface area contributed by atoms with Crippen molar-refractivity contribution in [3.05, 3.63) is 71.8 Å². The van der Waals surface area contributed by atoms with Crippen LogP contribution in [-0.4, -0.2) is 50.3 Å². The monoisotopic (exact) mass is 484 g/mol. The lowest BCUT2D eigenvalue weighted by molar-refractivity contribution is -0.0936.